The van der Waals surface area contributed by atoms with E-state index in [0.29, 0.717) is 22.0 Å². The molecule has 1 amide bonds. The highest BCUT2D eigenvalue weighted by molar-refractivity contribution is 6.30. The molecule has 1 atom stereocenters. The van der Waals surface area contributed by atoms with Crippen LogP contribution in [0.3, 0.4) is 0 Å². The number of nitrogens with one attached hydrogen (secondary N) is 1. The van der Waals surface area contributed by atoms with E-state index in [0.717, 1.165) is 0 Å². The Morgan fingerprint density at radius 1 is 1.17 bits per heavy atom. The quantitative estimate of drug-likeness (QED) is 0.804. The molecule has 0 spiro atoms. The summed E-state index contributed by atoms with van der Waals surface area (Å²) >= 11 is 5.89. The van der Waals surface area contributed by atoms with Gasteiger partial charge in [-0.15, -0.1) is 0 Å². The number of halogens is 1. The molecule has 126 valence electrons. The van der Waals surface area contributed by atoms with Crippen LogP contribution in [-0.2, 0) is 9.53 Å². The van der Waals surface area contributed by atoms with Gasteiger partial charge < -0.3 is 14.8 Å². The summed E-state index contributed by atoms with van der Waals surface area (Å²) in [6.45, 7) is 3.60. The van der Waals surface area contributed by atoms with Crippen LogP contribution in [-0.4, -0.2) is 24.6 Å². The molecule has 2 rings (SSSR count). The first-order valence-corrected chi connectivity index (χ1v) is 7.88. The van der Waals surface area contributed by atoms with Gasteiger partial charge in [-0.3, -0.25) is 4.79 Å². The summed E-state index contributed by atoms with van der Waals surface area (Å²) in [4.78, 5) is 24.2. The SMILES string of the molecule is CCOC(=O)c1ccccc1NC(=O)C(C)Oc1cccc(Cl)c1. The van der Waals surface area contributed by atoms with Crippen molar-refractivity contribution in [2.75, 3.05) is 11.9 Å². The number of carbonyl (C=O) groups is 2. The van der Waals surface area contributed by atoms with Crippen LogP contribution in [0.4, 0.5) is 5.69 Å². The largest absolute Gasteiger partial charge is 0.481 e. The Morgan fingerprint density at radius 2 is 1.92 bits per heavy atom. The number of hydrogen-bond acceptors (Lipinski definition) is 4. The van der Waals surface area contributed by atoms with Gasteiger partial charge in [-0.25, -0.2) is 4.79 Å². The van der Waals surface area contributed by atoms with E-state index in [4.69, 9.17) is 21.1 Å². The van der Waals surface area contributed by atoms with Crippen LogP contribution in [0.5, 0.6) is 5.75 Å². The summed E-state index contributed by atoms with van der Waals surface area (Å²) in [6, 6.07) is 13.4. The Hall–Kier alpha value is -2.53. The Bertz CT molecular complexity index is 732. The van der Waals surface area contributed by atoms with Crippen molar-refractivity contribution in [2.24, 2.45) is 0 Å². The van der Waals surface area contributed by atoms with Gasteiger partial charge in [-0.05, 0) is 44.2 Å². The van der Waals surface area contributed by atoms with Gasteiger partial charge in [0.05, 0.1) is 17.9 Å². The highest BCUT2D eigenvalue weighted by Gasteiger charge is 2.19. The Balaban J connectivity index is 2.08. The minimum absolute atomic E-state index is 0.259. The molecule has 5 nitrogen and oxygen atoms in total. The third-order valence-corrected chi connectivity index (χ3v) is 3.39. The van der Waals surface area contributed by atoms with Gasteiger partial charge in [0, 0.05) is 5.02 Å². The van der Waals surface area contributed by atoms with Crippen LogP contribution >= 0.6 is 11.6 Å². The first-order chi connectivity index (χ1) is 11.5. The zero-order valence-electron chi connectivity index (χ0n) is 13.4. The van der Waals surface area contributed by atoms with Gasteiger partial charge in [0.2, 0.25) is 0 Å². The summed E-state index contributed by atoms with van der Waals surface area (Å²) in [6.07, 6.45) is -0.765. The number of amides is 1. The first kappa shape index (κ1) is 17.8. The molecule has 0 saturated heterocycles. The van der Waals surface area contributed by atoms with Crippen LogP contribution in [0.15, 0.2) is 48.5 Å². The molecule has 0 radical (unpaired) electrons. The van der Waals surface area contributed by atoms with Gasteiger partial charge in [0.1, 0.15) is 5.75 Å². The highest BCUT2D eigenvalue weighted by Crippen LogP contribution is 2.20. The maximum Gasteiger partial charge on any atom is 0.340 e. The fraction of sp³-hybridized carbons (Fsp3) is 0.222. The number of rotatable bonds is 6. The molecule has 2 aromatic rings. The number of hydrogen-bond donors (Lipinski definition) is 1. The van der Waals surface area contributed by atoms with E-state index in [-0.39, 0.29) is 12.5 Å². The maximum absolute atomic E-state index is 12.3. The molecule has 2 aromatic carbocycles. The molecule has 0 aliphatic carbocycles. The molecule has 0 aromatic heterocycles. The van der Waals surface area contributed by atoms with Crippen molar-refractivity contribution in [2.45, 2.75) is 20.0 Å². The minimum atomic E-state index is -0.765. The molecule has 0 bridgehead atoms. The molecule has 0 heterocycles. The lowest BCUT2D eigenvalue weighted by Crippen LogP contribution is -2.30. The van der Waals surface area contributed by atoms with Gasteiger partial charge in [-0.2, -0.15) is 0 Å². The Morgan fingerprint density at radius 3 is 2.62 bits per heavy atom. The minimum Gasteiger partial charge on any atom is -0.481 e. The van der Waals surface area contributed by atoms with Crippen LogP contribution < -0.4 is 10.1 Å². The normalized spacial score (nSPS) is 11.5. The van der Waals surface area contributed by atoms with E-state index in [1.165, 1.54) is 0 Å². The maximum atomic E-state index is 12.3. The number of esters is 1. The van der Waals surface area contributed by atoms with Crippen molar-refractivity contribution in [1.29, 1.82) is 0 Å². The van der Waals surface area contributed by atoms with E-state index in [2.05, 4.69) is 5.32 Å². The molecular formula is C18H18ClNO4. The van der Waals surface area contributed by atoms with Crippen molar-refractivity contribution in [3.63, 3.8) is 0 Å². The summed E-state index contributed by atoms with van der Waals surface area (Å²) in [5.74, 6) is -0.382. The summed E-state index contributed by atoms with van der Waals surface area (Å²) in [7, 11) is 0. The molecule has 6 heteroatoms. The lowest BCUT2D eigenvalue weighted by molar-refractivity contribution is -0.122. The van der Waals surface area contributed by atoms with E-state index in [9.17, 15) is 9.59 Å². The van der Waals surface area contributed by atoms with E-state index in [1.807, 2.05) is 0 Å². The van der Waals surface area contributed by atoms with E-state index in [1.54, 1.807) is 62.4 Å². The lowest BCUT2D eigenvalue weighted by Gasteiger charge is -2.16. The van der Waals surface area contributed by atoms with Crippen molar-refractivity contribution >= 4 is 29.2 Å². The second-order valence-electron chi connectivity index (χ2n) is 4.97. The summed E-state index contributed by atoms with van der Waals surface area (Å²) < 4.78 is 10.5. The van der Waals surface area contributed by atoms with Gasteiger partial charge in [-0.1, -0.05) is 29.8 Å². The number of anilines is 1. The topological polar surface area (TPSA) is 64.6 Å². The molecule has 0 aliphatic heterocycles. The Kier molecular flexibility index (Phi) is 6.21. The van der Waals surface area contributed by atoms with Crippen molar-refractivity contribution in [1.82, 2.24) is 0 Å². The third-order valence-electron chi connectivity index (χ3n) is 3.16. The molecule has 24 heavy (non-hydrogen) atoms. The molecule has 1 unspecified atom stereocenters. The summed E-state index contributed by atoms with van der Waals surface area (Å²) in [5.41, 5.74) is 0.671. The average Bonchev–Trinajstić information content (AvgIpc) is 2.55. The van der Waals surface area contributed by atoms with Crippen molar-refractivity contribution < 1.29 is 19.1 Å². The second-order valence-corrected chi connectivity index (χ2v) is 5.41. The molecule has 0 fully saturated rings. The molecule has 0 aliphatic rings. The number of carbonyl (C=O) groups excluding carboxylic acids is 2. The predicted octanol–water partition coefficient (Wildman–Crippen LogP) is 3.92. The monoisotopic (exact) mass is 347 g/mol. The van der Waals surface area contributed by atoms with Crippen LogP contribution in [0.2, 0.25) is 5.02 Å². The van der Waals surface area contributed by atoms with Gasteiger partial charge in [0.15, 0.2) is 6.10 Å². The molecular weight excluding hydrogens is 330 g/mol. The fourth-order valence-electron chi connectivity index (χ4n) is 2.01. The highest BCUT2D eigenvalue weighted by atomic mass is 35.5. The van der Waals surface area contributed by atoms with Crippen molar-refractivity contribution in [3.05, 3.63) is 59.1 Å². The average molecular weight is 348 g/mol. The third kappa shape index (κ3) is 4.73. The number of ether oxygens (including phenoxy) is 2. The lowest BCUT2D eigenvalue weighted by atomic mass is 10.1. The fourth-order valence-corrected chi connectivity index (χ4v) is 2.19. The number of para-hydroxylation sites is 1. The van der Waals surface area contributed by atoms with E-state index < -0.39 is 12.1 Å². The smallest absolute Gasteiger partial charge is 0.340 e. The van der Waals surface area contributed by atoms with Crippen LogP contribution in [0, 0.1) is 0 Å². The van der Waals surface area contributed by atoms with Crippen LogP contribution in [0.1, 0.15) is 24.2 Å². The van der Waals surface area contributed by atoms with E-state index >= 15 is 0 Å². The zero-order chi connectivity index (χ0) is 17.5. The number of benzene rings is 2. The van der Waals surface area contributed by atoms with Crippen LogP contribution in [0.25, 0.3) is 0 Å². The Labute approximate surface area is 145 Å². The zero-order valence-corrected chi connectivity index (χ0v) is 14.2. The van der Waals surface area contributed by atoms with Crippen molar-refractivity contribution in [3.8, 4) is 5.75 Å². The standard InChI is InChI=1S/C18H18ClNO4/c1-3-23-18(22)15-9-4-5-10-16(15)20-17(21)12(2)24-14-8-6-7-13(19)11-14/h4-12H,3H2,1-2H3,(H,20,21). The first-order valence-electron chi connectivity index (χ1n) is 7.50. The molecule has 0 saturated carbocycles. The predicted molar refractivity (Wildman–Crippen MR) is 92.6 cm³/mol. The van der Waals surface area contributed by atoms with Gasteiger partial charge in [0.25, 0.3) is 5.91 Å². The van der Waals surface area contributed by atoms with Gasteiger partial charge >= 0.3 is 5.97 Å². The summed E-state index contributed by atoms with van der Waals surface area (Å²) in [5, 5.41) is 3.21. The second kappa shape index (κ2) is 8.36. The molecule has 1 N–H and O–H groups in total.